The molecule has 1 N–H and O–H groups in total. The first-order chi connectivity index (χ1) is 20.6. The van der Waals surface area contributed by atoms with E-state index in [0.717, 1.165) is 29.0 Å². The normalized spacial score (nSPS) is 17.7. The van der Waals surface area contributed by atoms with Crippen molar-refractivity contribution < 1.29 is 31.3 Å². The van der Waals surface area contributed by atoms with Crippen LogP contribution in [0.3, 0.4) is 0 Å². The molecule has 2 aliphatic rings. The largest absolute Gasteiger partial charge is 0.497 e. The number of halogens is 2. The Balaban J connectivity index is 1.51. The van der Waals surface area contributed by atoms with E-state index in [-0.39, 0.29) is 23.0 Å². The molecular formula is C32H33BClFN2O6S. The highest BCUT2D eigenvalue weighted by Crippen LogP contribution is 2.49. The maximum Gasteiger partial charge on any atom is 0.497 e. The molecule has 0 atom stereocenters. The van der Waals surface area contributed by atoms with E-state index in [0.29, 0.717) is 38.6 Å². The molecule has 3 aromatic carbocycles. The average Bonchev–Trinajstić information content (AvgIpc) is 3.67. The number of amides is 1. The van der Waals surface area contributed by atoms with E-state index < -0.39 is 34.2 Å². The van der Waals surface area contributed by atoms with Gasteiger partial charge in [-0.1, -0.05) is 17.7 Å². The summed E-state index contributed by atoms with van der Waals surface area (Å²) in [6.45, 7) is 7.51. The molecular weight excluding hydrogens is 606 g/mol. The minimum absolute atomic E-state index is 0.0685. The topological polar surface area (TPSA) is 98.1 Å². The Morgan fingerprint density at radius 1 is 1.02 bits per heavy atom. The summed E-state index contributed by atoms with van der Waals surface area (Å²) in [5, 5.41) is 3.77. The third kappa shape index (κ3) is 5.29. The Labute approximate surface area is 261 Å². The lowest BCUT2D eigenvalue weighted by molar-refractivity contribution is 0.00578. The number of carbonyl (C=O) groups is 1. The molecule has 0 unspecified atom stereocenters. The highest BCUT2D eigenvalue weighted by molar-refractivity contribution is 7.92. The first-order valence-electron chi connectivity index (χ1n) is 14.3. The van der Waals surface area contributed by atoms with Gasteiger partial charge in [0, 0.05) is 34.5 Å². The summed E-state index contributed by atoms with van der Waals surface area (Å²) in [4.78, 5) is 13.1. The van der Waals surface area contributed by atoms with Gasteiger partial charge in [-0.15, -0.1) is 0 Å². The van der Waals surface area contributed by atoms with Gasteiger partial charge in [0.1, 0.15) is 17.2 Å². The fourth-order valence-electron chi connectivity index (χ4n) is 5.51. The molecule has 8 nitrogen and oxygen atoms in total. The van der Waals surface area contributed by atoms with Gasteiger partial charge in [0.15, 0.2) is 0 Å². The molecule has 1 saturated carbocycles. The monoisotopic (exact) mass is 638 g/mol. The number of rotatable bonds is 7. The Morgan fingerprint density at radius 2 is 1.66 bits per heavy atom. The number of hydrogen-bond donors (Lipinski definition) is 1. The second kappa shape index (κ2) is 10.6. The van der Waals surface area contributed by atoms with E-state index in [1.807, 2.05) is 33.8 Å². The number of benzene rings is 3. The zero-order valence-electron chi connectivity index (χ0n) is 25.3. The zero-order chi connectivity index (χ0) is 31.8. The summed E-state index contributed by atoms with van der Waals surface area (Å²) in [5.41, 5.74) is 1.30. The first kappa shape index (κ1) is 30.6. The molecule has 1 saturated heterocycles. The molecule has 2 fully saturated rings. The second-order valence-electron chi connectivity index (χ2n) is 12.4. The number of nitrogens with zero attached hydrogens (tertiary/aromatic N) is 1. The minimum atomic E-state index is -3.97. The molecule has 4 aromatic rings. The van der Waals surface area contributed by atoms with Crippen molar-refractivity contribution in [2.24, 2.45) is 0 Å². The van der Waals surface area contributed by atoms with E-state index in [4.69, 9.17) is 25.3 Å². The third-order valence-electron chi connectivity index (χ3n) is 8.69. The van der Waals surface area contributed by atoms with Crippen molar-refractivity contribution in [1.29, 1.82) is 0 Å². The fraction of sp³-hybridized carbons (Fsp3) is 0.344. The van der Waals surface area contributed by atoms with Gasteiger partial charge in [0.25, 0.3) is 5.91 Å². The molecule has 1 amide bonds. The van der Waals surface area contributed by atoms with Gasteiger partial charge in [-0.3, -0.25) is 4.79 Å². The van der Waals surface area contributed by atoms with Crippen molar-refractivity contribution in [3.63, 3.8) is 0 Å². The molecule has 1 aliphatic heterocycles. The van der Waals surface area contributed by atoms with Crippen LogP contribution in [0.5, 0.6) is 0 Å². The van der Waals surface area contributed by atoms with E-state index in [1.54, 1.807) is 36.4 Å². The number of sulfonamides is 1. The summed E-state index contributed by atoms with van der Waals surface area (Å²) in [7, 11) is -3.38. The highest BCUT2D eigenvalue weighted by atomic mass is 35.5. The van der Waals surface area contributed by atoms with Gasteiger partial charge >= 0.3 is 7.12 Å². The summed E-state index contributed by atoms with van der Waals surface area (Å²) in [6, 6.07) is 14.6. The Kier molecular flexibility index (Phi) is 7.39. The SMILES string of the molecule is CNC(=O)c1c(-c2ccc(Cl)cc2)oc2cc(N(c3ccc(B4OC(C)(C)C(C)(C)O4)c(F)c3)S(C)(=O)=O)c(C3CC3)cc12. The Hall–Kier alpha value is -3.38. The molecule has 230 valence electrons. The number of carbonyl (C=O) groups excluding carboxylic acids is 1. The molecule has 12 heteroatoms. The smallest absolute Gasteiger partial charge is 0.455 e. The van der Waals surface area contributed by atoms with Crippen LogP contribution in [0.25, 0.3) is 22.3 Å². The highest BCUT2D eigenvalue weighted by Gasteiger charge is 2.52. The standard InChI is InChI=1S/C32H33BClFN2O6S/c1-31(2)32(3,4)43-33(42-31)24-14-13-21(15-25(24)35)37(44(6,39)40)26-17-27-23(16-22(26)18-7-8-18)28(30(38)36-5)29(41-27)19-9-11-20(34)12-10-19/h9-18H,7-8H2,1-6H3,(H,36,38). The van der Waals surface area contributed by atoms with E-state index in [2.05, 4.69) is 5.32 Å². The summed E-state index contributed by atoms with van der Waals surface area (Å²) < 4.78 is 62.0. The average molecular weight is 639 g/mol. The molecule has 1 aliphatic carbocycles. The van der Waals surface area contributed by atoms with Crippen molar-refractivity contribution >= 4 is 62.5 Å². The molecule has 2 heterocycles. The van der Waals surface area contributed by atoms with Crippen LogP contribution < -0.4 is 15.1 Å². The van der Waals surface area contributed by atoms with E-state index >= 15 is 4.39 Å². The third-order valence-corrected chi connectivity index (χ3v) is 10.0. The maximum absolute atomic E-state index is 15.7. The van der Waals surface area contributed by atoms with Crippen LogP contribution in [0.15, 0.2) is 59.0 Å². The van der Waals surface area contributed by atoms with Gasteiger partial charge in [-0.05, 0) is 94.5 Å². The number of hydrogen-bond acceptors (Lipinski definition) is 6. The van der Waals surface area contributed by atoms with Crippen LogP contribution in [-0.2, 0) is 19.3 Å². The zero-order valence-corrected chi connectivity index (χ0v) is 26.9. The number of furan rings is 1. The summed E-state index contributed by atoms with van der Waals surface area (Å²) >= 11 is 6.10. The van der Waals surface area contributed by atoms with Gasteiger partial charge in [0.2, 0.25) is 10.0 Å². The van der Waals surface area contributed by atoms with Crippen LogP contribution in [-0.4, -0.2) is 45.9 Å². The Bertz CT molecular complexity index is 1890. The van der Waals surface area contributed by atoms with Crippen LogP contribution >= 0.6 is 11.6 Å². The van der Waals surface area contributed by atoms with Crippen molar-refractivity contribution in [2.45, 2.75) is 57.7 Å². The van der Waals surface area contributed by atoms with Crippen molar-refractivity contribution in [2.75, 3.05) is 17.6 Å². The molecule has 0 radical (unpaired) electrons. The molecule has 0 bridgehead atoms. The number of anilines is 2. The minimum Gasteiger partial charge on any atom is -0.455 e. The summed E-state index contributed by atoms with van der Waals surface area (Å²) in [5.74, 6) is -0.602. The second-order valence-corrected chi connectivity index (χ2v) is 14.7. The van der Waals surface area contributed by atoms with Crippen molar-refractivity contribution in [3.05, 3.63) is 76.6 Å². The van der Waals surface area contributed by atoms with E-state index in [1.165, 1.54) is 19.2 Å². The lowest BCUT2D eigenvalue weighted by Crippen LogP contribution is -2.41. The van der Waals surface area contributed by atoms with E-state index in [9.17, 15) is 13.2 Å². The maximum atomic E-state index is 15.7. The molecule has 6 rings (SSSR count). The summed E-state index contributed by atoms with van der Waals surface area (Å²) in [6.07, 6.45) is 2.77. The van der Waals surface area contributed by atoms with Crippen LogP contribution in [0.2, 0.25) is 5.02 Å². The predicted molar refractivity (Wildman–Crippen MR) is 171 cm³/mol. The lowest BCUT2D eigenvalue weighted by atomic mass is 9.78. The lowest BCUT2D eigenvalue weighted by Gasteiger charge is -2.32. The van der Waals surface area contributed by atoms with Gasteiger partial charge in [-0.2, -0.15) is 0 Å². The predicted octanol–water partition coefficient (Wildman–Crippen LogP) is 6.53. The number of fused-ring (bicyclic) bond motifs is 1. The van der Waals surface area contributed by atoms with Crippen LogP contribution in [0.4, 0.5) is 15.8 Å². The number of nitrogens with one attached hydrogen (secondary N) is 1. The van der Waals surface area contributed by atoms with Gasteiger partial charge < -0.3 is 19.0 Å². The molecule has 1 aromatic heterocycles. The molecule has 0 spiro atoms. The van der Waals surface area contributed by atoms with Crippen molar-refractivity contribution in [1.82, 2.24) is 5.32 Å². The van der Waals surface area contributed by atoms with Crippen LogP contribution in [0.1, 0.15) is 62.4 Å². The quantitative estimate of drug-likeness (QED) is 0.231. The molecule has 44 heavy (non-hydrogen) atoms. The van der Waals surface area contributed by atoms with Crippen molar-refractivity contribution in [3.8, 4) is 11.3 Å². The van der Waals surface area contributed by atoms with Gasteiger partial charge in [-0.25, -0.2) is 17.1 Å². The van der Waals surface area contributed by atoms with Gasteiger partial charge in [0.05, 0.1) is 34.4 Å². The Morgan fingerprint density at radius 3 is 2.20 bits per heavy atom. The fourth-order valence-corrected chi connectivity index (χ4v) is 6.65. The van der Waals surface area contributed by atoms with Crippen LogP contribution in [0, 0.1) is 5.82 Å². The first-order valence-corrected chi connectivity index (χ1v) is 16.6.